The van der Waals surface area contributed by atoms with Gasteiger partial charge in [0.1, 0.15) is 52.5 Å². The summed E-state index contributed by atoms with van der Waals surface area (Å²) >= 11 is 2.21. The number of rotatable bonds is 30. The third-order valence-electron chi connectivity index (χ3n) is 16.4. The number of nitriles is 3. The number of oxazole rings is 1. The molecule has 0 radical (unpaired) electrons. The average Bonchev–Trinajstić information content (AvgIpc) is 1.66. The Morgan fingerprint density at radius 2 is 1.35 bits per heavy atom. The summed E-state index contributed by atoms with van der Waals surface area (Å²) in [5.74, 6) is -7.28. The van der Waals surface area contributed by atoms with Crippen molar-refractivity contribution >= 4 is 164 Å². The predicted molar refractivity (Wildman–Crippen MR) is 429 cm³/mol. The van der Waals surface area contributed by atoms with E-state index >= 15 is 0 Å². The third-order valence-corrected chi connectivity index (χ3v) is 20.8. The number of amides is 4. The number of esters is 2. The van der Waals surface area contributed by atoms with Crippen LogP contribution in [0.15, 0.2) is 140 Å². The van der Waals surface area contributed by atoms with Gasteiger partial charge in [-0.2, -0.15) is 35.1 Å². The van der Waals surface area contributed by atoms with Gasteiger partial charge in [-0.1, -0.05) is 45.4 Å². The van der Waals surface area contributed by atoms with Gasteiger partial charge in [0, 0.05) is 63.5 Å². The summed E-state index contributed by atoms with van der Waals surface area (Å²) in [6, 6.07) is 13.6. The number of thiazole rings is 2. The zero-order chi connectivity index (χ0) is 91.2. The van der Waals surface area contributed by atoms with Gasteiger partial charge in [-0.15, -0.1) is 69.0 Å². The second-order valence-electron chi connectivity index (χ2n) is 25.0. The molecule has 0 fully saturated rings. The van der Waals surface area contributed by atoms with Crippen molar-refractivity contribution in [1.82, 2.24) is 98.8 Å². The third kappa shape index (κ3) is 21.6. The minimum atomic E-state index is -4.52. The number of aryl methyl sites for hydroxylation is 4. The molecule has 0 spiro atoms. The average molecular weight is 1830 g/mol. The zero-order valence-corrected chi connectivity index (χ0v) is 73.9. The van der Waals surface area contributed by atoms with Crippen molar-refractivity contribution in [3.05, 3.63) is 159 Å². The van der Waals surface area contributed by atoms with Crippen LogP contribution in [0.5, 0.6) is 0 Å². The molecule has 0 saturated heterocycles. The molecule has 0 aliphatic rings. The Morgan fingerprint density at radius 3 is 1.87 bits per heavy atom. The Kier molecular flexibility index (Phi) is 30.3. The van der Waals surface area contributed by atoms with E-state index in [1.165, 1.54) is 67.9 Å². The number of fused-ring (bicyclic) bond motifs is 1. The van der Waals surface area contributed by atoms with E-state index in [0.717, 1.165) is 69.2 Å². The first kappa shape index (κ1) is 94.1. The Hall–Kier alpha value is -15.1. The van der Waals surface area contributed by atoms with Gasteiger partial charge in [0.05, 0.1) is 58.3 Å². The van der Waals surface area contributed by atoms with Crippen LogP contribution < -0.4 is 88.2 Å². The molecule has 0 bridgehead atoms. The number of azo groups is 3. The van der Waals surface area contributed by atoms with Gasteiger partial charge >= 0.3 is 81.4 Å². The first-order chi connectivity index (χ1) is 60.1. The van der Waals surface area contributed by atoms with Crippen molar-refractivity contribution in [2.45, 2.75) is 78.2 Å². The van der Waals surface area contributed by atoms with E-state index in [9.17, 15) is 71.3 Å². The number of anilines is 6. The number of carbonyl (C=O) groups is 7. The van der Waals surface area contributed by atoms with Crippen LogP contribution in [0.25, 0.3) is 27.4 Å². The van der Waals surface area contributed by atoms with Crippen molar-refractivity contribution in [2.24, 2.45) is 47.3 Å². The molecule has 13 rings (SSSR count). The Bertz CT molecular complexity index is 6830. The molecule has 0 saturated carbocycles. The number of hydrogen-bond donors (Lipinski definition) is 4. The Balaban J connectivity index is 0.000000204. The number of nitrogens with two attached hydrogens (primary N) is 3. The molecule has 0 aliphatic heterocycles. The van der Waals surface area contributed by atoms with E-state index in [1.807, 2.05) is 51.1 Å². The molecule has 13 aromatic rings. The number of aliphatic carboxylic acids is 1. The number of hydrogen-bond acceptors (Lipinski definition) is 45. The minimum Gasteiger partial charge on any atom is -0.550 e. The summed E-state index contributed by atoms with van der Waals surface area (Å²) in [5.41, 5.74) is 11.7. The number of carboxylic acids is 1. The summed E-state index contributed by atoms with van der Waals surface area (Å²) in [6.07, 6.45) is 8.81. The van der Waals surface area contributed by atoms with E-state index < -0.39 is 102 Å². The number of carboxylic acid groups (broad SMARTS) is 1. The van der Waals surface area contributed by atoms with Crippen LogP contribution in [0, 0.1) is 68.6 Å². The second kappa shape index (κ2) is 40.9. The van der Waals surface area contributed by atoms with E-state index in [-0.39, 0.29) is 186 Å². The number of carbonyl (C=O) groups excluding carboxylic acids is 7. The Labute approximate surface area is 764 Å². The molecule has 0 atom stereocenters. The molecule has 7 N–H and O–H groups in total. The van der Waals surface area contributed by atoms with Crippen LogP contribution in [0.3, 0.4) is 0 Å². The van der Waals surface area contributed by atoms with Gasteiger partial charge < -0.3 is 49.5 Å². The van der Waals surface area contributed by atoms with E-state index in [4.69, 9.17) is 39.4 Å². The van der Waals surface area contributed by atoms with Crippen molar-refractivity contribution in [3.8, 4) is 35.4 Å². The van der Waals surface area contributed by atoms with Crippen LogP contribution in [0.2, 0.25) is 0 Å². The number of aromatic nitrogens is 19. The fourth-order valence-electron chi connectivity index (χ4n) is 10.9. The number of nitrogens with zero attached hydrogens (tertiary/aromatic N) is 31. The SMILES string of the molecule is C=CCc1nc(N(C=O)c2ncco2)nc(S(N)(=O)=O)c1N=Nc1nn(-c2nnc(C)o2)cc1C#N.CC(=O)N(c1nc(C(N)=O)c(N=Nc2nn(-c3ncno3)c(C)c2C#N)c(C(N)=O)n1)c1nccs1.CCOC(=O)c1nc(Nc2c(C)cc(C)cc2C)nc(C(=O)OCC)c1N=Nc1nn(-c2nc3cc(S(=O)(=O)N(C)CCC(=O)[O-])ccc3s2)cc1C#N.[K+]. The van der Waals surface area contributed by atoms with Gasteiger partial charge in [-0.25, -0.2) is 90.2 Å². The Morgan fingerprint density at radius 1 is 0.732 bits per heavy atom. The topological polar surface area (TPSA) is 735 Å². The minimum absolute atomic E-state index is 0. The summed E-state index contributed by atoms with van der Waals surface area (Å²) in [5, 5.41) is 96.7. The molecule has 11 aromatic heterocycles. The summed E-state index contributed by atoms with van der Waals surface area (Å²) in [7, 11) is -7.30. The normalized spacial score (nSPS) is 11.3. The number of primary sulfonamides is 1. The zero-order valence-electron chi connectivity index (χ0n) is 67.5. The molecule has 52 nitrogen and oxygen atoms in total. The number of nitrogens with one attached hydrogen (secondary N) is 1. The van der Waals surface area contributed by atoms with Gasteiger partial charge in [0.25, 0.3) is 21.8 Å². The maximum atomic E-state index is 13.2. The second-order valence-corrected chi connectivity index (χ2v) is 30.4. The molecule has 2 aromatic carbocycles. The molecule has 0 unspecified atom stereocenters. The fraction of sp³-hybridized carbons (Fsp3) is 0.200. The summed E-state index contributed by atoms with van der Waals surface area (Å²) < 4.78 is 81.6. The van der Waals surface area contributed by atoms with Crippen LogP contribution in [0.1, 0.15) is 120 Å². The first-order valence-electron chi connectivity index (χ1n) is 35.5. The molecular weight excluding hydrogens is 1770 g/mol. The molecule has 57 heteroatoms. The summed E-state index contributed by atoms with van der Waals surface area (Å²) in [6.45, 7) is 16.5. The monoisotopic (exact) mass is 1830 g/mol. The van der Waals surface area contributed by atoms with E-state index in [0.29, 0.717) is 21.6 Å². The van der Waals surface area contributed by atoms with Gasteiger partial charge in [0.2, 0.25) is 73.7 Å². The number of allylic oxidation sites excluding steroid dienone is 1. The number of benzene rings is 2. The maximum absolute atomic E-state index is 13.2. The van der Waals surface area contributed by atoms with E-state index in [2.05, 4.69) is 123 Å². The number of sulfonamides is 2. The first-order valence-corrected chi connectivity index (χ1v) is 40.2. The fourth-order valence-corrected chi connectivity index (χ4v) is 14.2. The number of ether oxygens (including phenoxy) is 2. The van der Waals surface area contributed by atoms with Crippen LogP contribution in [-0.4, -0.2) is 185 Å². The molecule has 127 heavy (non-hydrogen) atoms. The van der Waals surface area contributed by atoms with Crippen molar-refractivity contribution in [2.75, 3.05) is 41.9 Å². The molecular formula is C70H60KN35O17S4. The van der Waals surface area contributed by atoms with Gasteiger partial charge in [-0.05, 0) is 70.9 Å². The van der Waals surface area contributed by atoms with Crippen LogP contribution >= 0.6 is 22.7 Å². The largest absolute Gasteiger partial charge is 1.00 e. The molecule has 11 heterocycles. The van der Waals surface area contributed by atoms with Crippen molar-refractivity contribution in [1.29, 1.82) is 15.8 Å². The van der Waals surface area contributed by atoms with Crippen molar-refractivity contribution in [3.63, 3.8) is 0 Å². The quantitative estimate of drug-likeness (QED) is 0.0125. The van der Waals surface area contributed by atoms with Gasteiger partial charge in [-0.3, -0.25) is 19.2 Å². The standard InChI is InChI=1S/C34H34N10O8S2.C18H13N13O4S.C18H14N12O5S.K/c1-7-51-31(47)28-27(29(32(48)52-8-2)39-33(38-28)37-26-19(4)13-18(3)14-20(26)5)40-41-30-21(16-35)17-44(42-30)34-36-23-15-22(9-10-24(23)53-34)54(49,50)43(6)12-11-25(45)46;1-7-9(5-19)15(29-31(7)17-23-6-24-35-17)28-27-10-11(13(20)33)25-16(26-12(10)14(21)34)30(8(2)32)18-22-3-4-36-18;1-3-4-12-13(25-26-14-11(7-19)8-30(28-14)18-27-24-10(2)35-18)15(36(20,32)33)23-16(22-12)29(9-31)17-21-5-6-34-17;/h9-10,13-15,17H,7-8,11-12H2,1-6H3,(H,45,46)(H,37,38,39);3-4,6H,1-2H3,(H2,20,33)(H2,21,34);3,5-6,8-9H,1,4H2,2H3,(H2,20,32,33);/q;;;+1/p-1. The predicted octanol–water partition coefficient (Wildman–Crippen LogP) is 3.62. The van der Waals surface area contributed by atoms with Crippen LogP contribution in [0.4, 0.5) is 69.2 Å². The van der Waals surface area contributed by atoms with Gasteiger partial charge in [0.15, 0.2) is 39.9 Å². The van der Waals surface area contributed by atoms with Crippen molar-refractivity contribution < 1.29 is 130 Å². The smallest absolute Gasteiger partial charge is 0.550 e. The summed E-state index contributed by atoms with van der Waals surface area (Å²) in [4.78, 5) is 128. The maximum Gasteiger partial charge on any atom is 1.00 e. The molecule has 642 valence electrons. The molecule has 4 amide bonds. The van der Waals surface area contributed by atoms with E-state index in [1.54, 1.807) is 39.1 Å². The van der Waals surface area contributed by atoms with Crippen LogP contribution in [-0.2, 0) is 50.3 Å². The molecule has 0 aliphatic carbocycles. The number of primary amides is 2.